The number of hydrogen-bond donors (Lipinski definition) is 2. The monoisotopic (exact) mass is 468 g/mol. The molecule has 8 heteroatoms. The highest BCUT2D eigenvalue weighted by atomic mass is 32.2. The van der Waals surface area contributed by atoms with Gasteiger partial charge in [-0.1, -0.05) is 31.0 Å². The number of carbonyl (C=O) groups is 1. The highest BCUT2D eigenvalue weighted by molar-refractivity contribution is 7.89. The molecule has 1 fully saturated rings. The Labute approximate surface area is 193 Å². The van der Waals surface area contributed by atoms with Crippen LogP contribution in [0.4, 0.5) is 0 Å². The van der Waals surface area contributed by atoms with Gasteiger partial charge in [-0.25, -0.2) is 13.1 Å². The lowest BCUT2D eigenvalue weighted by atomic mass is 9.75. The molecule has 1 aromatic heterocycles. The molecule has 0 saturated heterocycles. The summed E-state index contributed by atoms with van der Waals surface area (Å²) in [6.07, 6.45) is 2.53. The quantitative estimate of drug-likeness (QED) is 0.531. The fourth-order valence-corrected chi connectivity index (χ4v) is 6.08. The number of ether oxygens (including phenoxy) is 1. The highest BCUT2D eigenvalue weighted by Gasteiger charge is 2.43. The van der Waals surface area contributed by atoms with Crippen molar-refractivity contribution in [3.63, 3.8) is 0 Å². The maximum atomic E-state index is 13.0. The first-order valence-electron chi connectivity index (χ1n) is 11.0. The number of carboxylic acids is 1. The minimum Gasteiger partial charge on any atom is -0.489 e. The van der Waals surface area contributed by atoms with Gasteiger partial charge in [0, 0.05) is 22.2 Å². The van der Waals surface area contributed by atoms with Gasteiger partial charge in [0.2, 0.25) is 10.0 Å². The van der Waals surface area contributed by atoms with Crippen LogP contribution in [0.5, 0.6) is 5.75 Å². The van der Waals surface area contributed by atoms with Gasteiger partial charge in [0.05, 0.1) is 16.3 Å². The molecule has 2 atom stereocenters. The van der Waals surface area contributed by atoms with Gasteiger partial charge in [0.25, 0.3) is 0 Å². The van der Waals surface area contributed by atoms with Crippen LogP contribution in [0, 0.1) is 12.8 Å². The molecule has 0 spiro atoms. The second-order valence-electron chi connectivity index (χ2n) is 8.86. The second-order valence-corrected chi connectivity index (χ2v) is 10.5. The molecule has 2 N–H and O–H groups in total. The molecule has 3 aromatic rings. The van der Waals surface area contributed by atoms with E-state index in [9.17, 15) is 18.3 Å². The molecule has 1 aliphatic rings. The molecule has 2 unspecified atom stereocenters. The third-order valence-electron chi connectivity index (χ3n) is 6.33. The standard InChI is InChI=1S/C25H28N2O5S/c1-17-15-18(21-7-3-4-9-23(21)26-17)16-32-19-10-12-20(13-11-19)33(30,31)27-25(2)14-6-5-8-22(25)24(28)29/h3-4,7,9-13,15,22,27H,5-6,8,14,16H2,1-2H3,(H,28,29). The van der Waals surface area contributed by atoms with Gasteiger partial charge >= 0.3 is 5.97 Å². The van der Waals surface area contributed by atoms with Crippen LogP contribution < -0.4 is 9.46 Å². The van der Waals surface area contributed by atoms with Crippen molar-refractivity contribution in [2.24, 2.45) is 5.92 Å². The molecule has 0 amide bonds. The predicted molar refractivity (Wildman–Crippen MR) is 126 cm³/mol. The van der Waals surface area contributed by atoms with Gasteiger partial charge in [0.1, 0.15) is 12.4 Å². The van der Waals surface area contributed by atoms with Crippen LogP contribution in [0.25, 0.3) is 10.9 Å². The number of aliphatic carboxylic acids is 1. The summed E-state index contributed by atoms with van der Waals surface area (Å²) in [6.45, 7) is 3.94. The van der Waals surface area contributed by atoms with E-state index in [0.29, 0.717) is 25.2 Å². The summed E-state index contributed by atoms with van der Waals surface area (Å²) in [4.78, 5) is 16.3. The molecule has 1 saturated carbocycles. The number of aryl methyl sites for hydroxylation is 1. The summed E-state index contributed by atoms with van der Waals surface area (Å²) in [6, 6.07) is 16.0. The summed E-state index contributed by atoms with van der Waals surface area (Å²) >= 11 is 0. The smallest absolute Gasteiger partial charge is 0.308 e. The average Bonchev–Trinajstić information content (AvgIpc) is 2.77. The molecule has 174 valence electrons. The van der Waals surface area contributed by atoms with Crippen LogP contribution >= 0.6 is 0 Å². The van der Waals surface area contributed by atoms with E-state index in [2.05, 4.69) is 9.71 Å². The minimum absolute atomic E-state index is 0.0796. The van der Waals surface area contributed by atoms with E-state index in [1.165, 1.54) is 12.1 Å². The van der Waals surface area contributed by atoms with Crippen molar-refractivity contribution in [1.29, 1.82) is 0 Å². The maximum Gasteiger partial charge on any atom is 0.308 e. The van der Waals surface area contributed by atoms with Gasteiger partial charge < -0.3 is 9.84 Å². The molecular formula is C25H28N2O5S. The number of para-hydroxylation sites is 1. The Morgan fingerprint density at radius 3 is 2.64 bits per heavy atom. The molecule has 1 heterocycles. The topological polar surface area (TPSA) is 106 Å². The summed E-state index contributed by atoms with van der Waals surface area (Å²) in [7, 11) is -3.88. The Bertz CT molecular complexity index is 1270. The number of nitrogens with one attached hydrogen (secondary N) is 1. The number of aromatic nitrogens is 1. The Balaban J connectivity index is 1.49. The molecule has 1 aliphatic carbocycles. The van der Waals surface area contributed by atoms with Crippen molar-refractivity contribution in [3.8, 4) is 5.75 Å². The largest absolute Gasteiger partial charge is 0.489 e. The zero-order chi connectivity index (χ0) is 23.6. The zero-order valence-electron chi connectivity index (χ0n) is 18.7. The van der Waals surface area contributed by atoms with Crippen LogP contribution in [0.2, 0.25) is 0 Å². The van der Waals surface area contributed by atoms with Gasteiger partial charge in [-0.3, -0.25) is 9.78 Å². The molecule has 0 bridgehead atoms. The lowest BCUT2D eigenvalue weighted by Crippen LogP contribution is -2.55. The second kappa shape index (κ2) is 9.11. The molecule has 0 radical (unpaired) electrons. The number of hydrogen-bond acceptors (Lipinski definition) is 5. The molecule has 7 nitrogen and oxygen atoms in total. The number of pyridine rings is 1. The minimum atomic E-state index is -3.88. The Morgan fingerprint density at radius 2 is 1.91 bits per heavy atom. The maximum absolute atomic E-state index is 13.0. The van der Waals surface area contributed by atoms with E-state index in [-0.39, 0.29) is 4.90 Å². The van der Waals surface area contributed by atoms with E-state index in [1.54, 1.807) is 19.1 Å². The number of fused-ring (bicyclic) bond motifs is 1. The van der Waals surface area contributed by atoms with E-state index < -0.39 is 27.4 Å². The number of sulfonamides is 1. The SMILES string of the molecule is Cc1cc(COc2ccc(S(=O)(=O)NC3(C)CCCCC3C(=O)O)cc2)c2ccccc2n1. The Kier molecular flexibility index (Phi) is 6.41. The normalized spacial score (nSPS) is 21.1. The van der Waals surface area contributed by atoms with E-state index >= 15 is 0 Å². The molecule has 0 aliphatic heterocycles. The lowest BCUT2D eigenvalue weighted by Gasteiger charge is -2.39. The first-order chi connectivity index (χ1) is 15.7. The molecule has 4 rings (SSSR count). The van der Waals surface area contributed by atoms with Gasteiger partial charge in [0.15, 0.2) is 0 Å². The van der Waals surface area contributed by atoms with Crippen LogP contribution in [0.1, 0.15) is 43.9 Å². The van der Waals surface area contributed by atoms with Gasteiger partial charge in [-0.2, -0.15) is 0 Å². The summed E-state index contributed by atoms with van der Waals surface area (Å²) in [5.41, 5.74) is 1.79. The van der Waals surface area contributed by atoms with Gasteiger partial charge in [-0.15, -0.1) is 0 Å². The fourth-order valence-electron chi connectivity index (χ4n) is 4.61. The zero-order valence-corrected chi connectivity index (χ0v) is 19.6. The third-order valence-corrected chi connectivity index (χ3v) is 7.96. The van der Waals surface area contributed by atoms with Crippen LogP contribution in [-0.4, -0.2) is 30.0 Å². The van der Waals surface area contributed by atoms with Crippen molar-refractivity contribution in [1.82, 2.24) is 9.71 Å². The number of rotatable bonds is 7. The first kappa shape index (κ1) is 23.2. The Morgan fingerprint density at radius 1 is 1.18 bits per heavy atom. The van der Waals surface area contributed by atoms with Gasteiger partial charge in [-0.05, 0) is 63.1 Å². The molecule has 33 heavy (non-hydrogen) atoms. The summed E-state index contributed by atoms with van der Waals surface area (Å²) in [5, 5.41) is 10.6. The summed E-state index contributed by atoms with van der Waals surface area (Å²) < 4.78 is 34.6. The molecular weight excluding hydrogens is 440 g/mol. The van der Waals surface area contributed by atoms with E-state index in [1.807, 2.05) is 37.3 Å². The van der Waals surface area contributed by atoms with Crippen molar-refractivity contribution in [3.05, 3.63) is 65.9 Å². The number of nitrogens with zero attached hydrogens (tertiary/aromatic N) is 1. The van der Waals surface area contributed by atoms with Crippen LogP contribution in [-0.2, 0) is 21.4 Å². The van der Waals surface area contributed by atoms with Crippen molar-refractivity contribution >= 4 is 26.9 Å². The van der Waals surface area contributed by atoms with Crippen molar-refractivity contribution in [2.45, 2.75) is 56.6 Å². The average molecular weight is 469 g/mol. The summed E-state index contributed by atoms with van der Waals surface area (Å²) in [5.74, 6) is -1.18. The lowest BCUT2D eigenvalue weighted by molar-refractivity contribution is -0.145. The van der Waals surface area contributed by atoms with E-state index in [0.717, 1.165) is 35.0 Å². The first-order valence-corrected chi connectivity index (χ1v) is 12.5. The van der Waals surface area contributed by atoms with Crippen LogP contribution in [0.15, 0.2) is 59.5 Å². The number of benzene rings is 2. The Hall–Kier alpha value is -2.97. The predicted octanol–water partition coefficient (Wildman–Crippen LogP) is 4.43. The molecule has 2 aromatic carbocycles. The number of carboxylic acid groups (broad SMARTS) is 1. The van der Waals surface area contributed by atoms with Crippen molar-refractivity contribution < 1.29 is 23.1 Å². The fraction of sp³-hybridized carbons (Fsp3) is 0.360. The highest BCUT2D eigenvalue weighted by Crippen LogP contribution is 2.35. The van der Waals surface area contributed by atoms with Crippen molar-refractivity contribution in [2.75, 3.05) is 0 Å². The van der Waals surface area contributed by atoms with E-state index in [4.69, 9.17) is 4.74 Å². The van der Waals surface area contributed by atoms with Crippen LogP contribution in [0.3, 0.4) is 0 Å². The third kappa shape index (κ3) is 5.02.